The third-order valence-corrected chi connectivity index (χ3v) is 7.41. The van der Waals surface area contributed by atoms with Crippen molar-refractivity contribution in [3.63, 3.8) is 0 Å². The molecule has 1 heterocycles. The standard InChI is InChI=1S/C21H23O3PS/c1-3-23-25(22,24-4-2)19-15-20(17-11-7-5-8-12-17)26-21(16-19)18-13-9-6-10-14-18/h5-16,19H,3-4H2,1-2H3. The van der Waals surface area contributed by atoms with Crippen molar-refractivity contribution in [2.45, 2.75) is 19.5 Å². The Morgan fingerprint density at radius 3 is 1.62 bits per heavy atom. The largest absolute Gasteiger partial charge is 0.341 e. The molecular weight excluding hydrogens is 363 g/mol. The second-order valence-corrected chi connectivity index (χ2v) is 9.04. The summed E-state index contributed by atoms with van der Waals surface area (Å²) in [5.74, 6) is 0. The average molecular weight is 386 g/mol. The lowest BCUT2D eigenvalue weighted by Crippen LogP contribution is -2.12. The molecule has 0 fully saturated rings. The zero-order chi connectivity index (χ0) is 18.4. The van der Waals surface area contributed by atoms with Crippen molar-refractivity contribution in [1.29, 1.82) is 0 Å². The second kappa shape index (κ2) is 8.88. The number of rotatable bonds is 7. The minimum atomic E-state index is -3.28. The van der Waals surface area contributed by atoms with Crippen LogP contribution in [0.25, 0.3) is 9.81 Å². The van der Waals surface area contributed by atoms with Crippen LogP contribution in [0.1, 0.15) is 25.0 Å². The Bertz CT molecular complexity index is 765. The highest BCUT2D eigenvalue weighted by molar-refractivity contribution is 8.16. The van der Waals surface area contributed by atoms with Gasteiger partial charge in [-0.05, 0) is 25.0 Å². The molecule has 2 aromatic rings. The Morgan fingerprint density at radius 1 is 0.808 bits per heavy atom. The first-order valence-corrected chi connectivity index (χ1v) is 11.2. The summed E-state index contributed by atoms with van der Waals surface area (Å²) in [7, 11) is -3.28. The fourth-order valence-corrected chi connectivity index (χ4v) is 5.99. The van der Waals surface area contributed by atoms with E-state index >= 15 is 0 Å². The summed E-state index contributed by atoms with van der Waals surface area (Å²) in [6, 6.07) is 20.3. The van der Waals surface area contributed by atoms with Crippen LogP contribution >= 0.6 is 19.4 Å². The van der Waals surface area contributed by atoms with E-state index < -0.39 is 13.3 Å². The minimum absolute atomic E-state index is 0.351. The van der Waals surface area contributed by atoms with E-state index in [0.29, 0.717) is 13.2 Å². The summed E-state index contributed by atoms with van der Waals surface area (Å²) in [4.78, 5) is 2.13. The number of thioether (sulfide) groups is 1. The lowest BCUT2D eigenvalue weighted by molar-refractivity contribution is 0.218. The quantitative estimate of drug-likeness (QED) is 0.512. The van der Waals surface area contributed by atoms with E-state index in [-0.39, 0.29) is 0 Å². The van der Waals surface area contributed by atoms with Crippen LogP contribution in [0.2, 0.25) is 0 Å². The smallest absolute Gasteiger partial charge is 0.308 e. The fraction of sp³-hybridized carbons (Fsp3) is 0.238. The van der Waals surface area contributed by atoms with Crippen molar-refractivity contribution in [3.05, 3.63) is 83.9 Å². The highest BCUT2D eigenvalue weighted by atomic mass is 32.2. The van der Waals surface area contributed by atoms with E-state index in [1.165, 1.54) is 0 Å². The van der Waals surface area contributed by atoms with Gasteiger partial charge in [0.1, 0.15) is 5.66 Å². The Morgan fingerprint density at radius 2 is 1.23 bits per heavy atom. The third-order valence-electron chi connectivity index (χ3n) is 3.96. The Balaban J connectivity index is 2.05. The maximum absolute atomic E-state index is 13.4. The number of allylic oxidation sites excluding steroid dienone is 2. The molecule has 0 N–H and O–H groups in total. The van der Waals surface area contributed by atoms with Gasteiger partial charge in [-0.1, -0.05) is 84.6 Å². The Hall–Kier alpha value is -1.58. The van der Waals surface area contributed by atoms with Gasteiger partial charge in [0, 0.05) is 9.81 Å². The summed E-state index contributed by atoms with van der Waals surface area (Å²) in [5, 5.41) is 0. The van der Waals surface area contributed by atoms with E-state index in [2.05, 4.69) is 24.3 Å². The molecular formula is C21H23O3PS. The van der Waals surface area contributed by atoms with Crippen LogP contribution in [0, 0.1) is 0 Å². The molecule has 0 spiro atoms. The van der Waals surface area contributed by atoms with E-state index in [0.717, 1.165) is 20.9 Å². The topological polar surface area (TPSA) is 35.5 Å². The van der Waals surface area contributed by atoms with Crippen molar-refractivity contribution >= 4 is 29.2 Å². The van der Waals surface area contributed by atoms with Crippen molar-refractivity contribution in [2.75, 3.05) is 13.2 Å². The lowest BCUT2D eigenvalue weighted by Gasteiger charge is -2.27. The summed E-state index contributed by atoms with van der Waals surface area (Å²) in [5.41, 5.74) is 1.79. The Labute approximate surface area is 159 Å². The fourth-order valence-electron chi connectivity index (χ4n) is 2.81. The first-order chi connectivity index (χ1) is 12.7. The SMILES string of the molecule is CCOP(=O)(OCC)C1C=C(c2ccccc2)SC(c2ccccc2)=C1. The number of hydrogen-bond donors (Lipinski definition) is 0. The lowest BCUT2D eigenvalue weighted by atomic mass is 10.1. The summed E-state index contributed by atoms with van der Waals surface area (Å²) in [6.45, 7) is 4.38. The molecule has 0 bridgehead atoms. The molecule has 2 aromatic carbocycles. The van der Waals surface area contributed by atoms with Gasteiger partial charge in [-0.2, -0.15) is 0 Å². The third kappa shape index (κ3) is 4.39. The first-order valence-electron chi connectivity index (χ1n) is 8.77. The zero-order valence-corrected chi connectivity index (χ0v) is 16.7. The monoisotopic (exact) mass is 386 g/mol. The van der Waals surface area contributed by atoms with Gasteiger partial charge in [-0.25, -0.2) is 0 Å². The molecule has 0 amide bonds. The molecule has 136 valence electrons. The van der Waals surface area contributed by atoms with Gasteiger partial charge in [0.05, 0.1) is 13.2 Å². The molecule has 5 heteroatoms. The summed E-state index contributed by atoms with van der Waals surface area (Å²) < 4.78 is 24.6. The number of benzene rings is 2. The van der Waals surface area contributed by atoms with E-state index in [1.54, 1.807) is 11.8 Å². The van der Waals surface area contributed by atoms with Crippen molar-refractivity contribution in [3.8, 4) is 0 Å². The van der Waals surface area contributed by atoms with Crippen LogP contribution in [-0.4, -0.2) is 18.9 Å². The van der Waals surface area contributed by atoms with Gasteiger partial charge in [-0.3, -0.25) is 4.57 Å². The highest BCUT2D eigenvalue weighted by Gasteiger charge is 2.35. The van der Waals surface area contributed by atoms with Crippen molar-refractivity contribution in [2.24, 2.45) is 0 Å². The molecule has 0 aromatic heterocycles. The molecule has 1 aliphatic heterocycles. The number of hydrogen-bond acceptors (Lipinski definition) is 4. The molecule has 3 nitrogen and oxygen atoms in total. The van der Waals surface area contributed by atoms with Crippen LogP contribution in [0.3, 0.4) is 0 Å². The van der Waals surface area contributed by atoms with Crippen molar-refractivity contribution in [1.82, 2.24) is 0 Å². The van der Waals surface area contributed by atoms with Crippen LogP contribution in [0.4, 0.5) is 0 Å². The predicted octanol–water partition coefficient (Wildman–Crippen LogP) is 6.45. The normalized spacial score (nSPS) is 15.5. The van der Waals surface area contributed by atoms with Gasteiger partial charge >= 0.3 is 7.60 Å². The minimum Gasteiger partial charge on any atom is -0.308 e. The van der Waals surface area contributed by atoms with Gasteiger partial charge in [0.25, 0.3) is 0 Å². The van der Waals surface area contributed by atoms with Crippen LogP contribution in [0.15, 0.2) is 72.8 Å². The van der Waals surface area contributed by atoms with Gasteiger partial charge in [0.2, 0.25) is 0 Å². The van der Waals surface area contributed by atoms with Crippen LogP contribution in [0.5, 0.6) is 0 Å². The molecule has 3 rings (SSSR count). The molecule has 0 aliphatic carbocycles. The summed E-state index contributed by atoms with van der Waals surface area (Å²) in [6.07, 6.45) is 4.02. The van der Waals surface area contributed by atoms with Gasteiger partial charge in [-0.15, -0.1) is 0 Å². The Kier molecular flexibility index (Phi) is 6.55. The molecule has 0 saturated heterocycles. The highest BCUT2D eigenvalue weighted by Crippen LogP contribution is 2.58. The molecule has 0 unspecified atom stereocenters. The summed E-state index contributed by atoms with van der Waals surface area (Å²) >= 11 is 1.68. The molecule has 0 saturated carbocycles. The zero-order valence-electron chi connectivity index (χ0n) is 15.0. The molecule has 26 heavy (non-hydrogen) atoms. The maximum atomic E-state index is 13.4. The van der Waals surface area contributed by atoms with E-state index in [1.807, 2.05) is 62.4 Å². The first kappa shape index (κ1) is 19.2. The predicted molar refractivity (Wildman–Crippen MR) is 111 cm³/mol. The van der Waals surface area contributed by atoms with Gasteiger partial charge < -0.3 is 9.05 Å². The molecule has 0 atom stereocenters. The van der Waals surface area contributed by atoms with E-state index in [9.17, 15) is 4.57 Å². The van der Waals surface area contributed by atoms with Gasteiger partial charge in [0.15, 0.2) is 0 Å². The molecule has 1 aliphatic rings. The van der Waals surface area contributed by atoms with Crippen molar-refractivity contribution < 1.29 is 13.6 Å². The maximum Gasteiger partial charge on any atom is 0.341 e. The van der Waals surface area contributed by atoms with Crippen LogP contribution in [-0.2, 0) is 13.6 Å². The second-order valence-electron chi connectivity index (χ2n) is 5.76. The van der Waals surface area contributed by atoms with E-state index in [4.69, 9.17) is 9.05 Å². The van der Waals surface area contributed by atoms with Crippen LogP contribution < -0.4 is 0 Å². The average Bonchev–Trinajstić information content (AvgIpc) is 2.69. The molecule has 0 radical (unpaired) electrons.